The summed E-state index contributed by atoms with van der Waals surface area (Å²) >= 11 is 4.59. The summed E-state index contributed by atoms with van der Waals surface area (Å²) in [5, 5.41) is 7.99. The van der Waals surface area contributed by atoms with Crippen LogP contribution in [0, 0.1) is 0 Å². The van der Waals surface area contributed by atoms with Crippen LogP contribution in [0.1, 0.15) is 12.8 Å². The Bertz CT molecular complexity index is 1090. The largest absolute Gasteiger partial charge is 0.357 e. The van der Waals surface area contributed by atoms with E-state index in [1.807, 2.05) is 42.5 Å². The SMILES string of the molecule is O=C(Nc1ccc(N=C=S)cc1)Nc1cccc(-c2cccc(N3CCCC3)n2)c1. The average Bonchev–Trinajstić information content (AvgIpc) is 3.31. The number of aliphatic imine (C=N–C) groups is 1. The Morgan fingerprint density at radius 3 is 2.47 bits per heavy atom. The molecule has 2 amide bonds. The number of amides is 2. The Morgan fingerprint density at radius 2 is 1.70 bits per heavy atom. The molecule has 1 aliphatic rings. The predicted octanol–water partition coefficient (Wildman–Crippen LogP) is 5.73. The van der Waals surface area contributed by atoms with Gasteiger partial charge in [-0.2, -0.15) is 4.99 Å². The molecule has 150 valence electrons. The fraction of sp³-hybridized carbons (Fsp3) is 0.174. The number of carbonyl (C=O) groups excluding carboxylic acids is 1. The van der Waals surface area contributed by atoms with Crippen LogP contribution in [0.25, 0.3) is 11.3 Å². The number of urea groups is 1. The Balaban J connectivity index is 1.45. The first-order chi connectivity index (χ1) is 14.7. The van der Waals surface area contributed by atoms with E-state index in [9.17, 15) is 4.79 Å². The van der Waals surface area contributed by atoms with Crippen LogP contribution in [0.15, 0.2) is 71.7 Å². The normalized spacial score (nSPS) is 12.9. The fourth-order valence-corrected chi connectivity index (χ4v) is 3.53. The molecule has 3 aromatic rings. The Labute approximate surface area is 180 Å². The number of thiocarbonyl (C=S) groups is 1. The zero-order valence-corrected chi connectivity index (χ0v) is 17.2. The van der Waals surface area contributed by atoms with Crippen LogP contribution in [0.3, 0.4) is 0 Å². The minimum absolute atomic E-state index is 0.322. The summed E-state index contributed by atoms with van der Waals surface area (Å²) in [6.07, 6.45) is 2.42. The predicted molar refractivity (Wildman–Crippen MR) is 125 cm³/mol. The molecule has 0 unspecified atom stereocenters. The molecule has 4 rings (SSSR count). The minimum Gasteiger partial charge on any atom is -0.357 e. The number of aromatic nitrogens is 1. The first kappa shape index (κ1) is 19.8. The quantitative estimate of drug-likeness (QED) is 0.413. The highest BCUT2D eigenvalue weighted by atomic mass is 32.1. The van der Waals surface area contributed by atoms with Crippen LogP contribution in [0.4, 0.5) is 27.7 Å². The summed E-state index contributed by atoms with van der Waals surface area (Å²) in [5.41, 5.74) is 3.88. The number of isothiocyanates is 1. The summed E-state index contributed by atoms with van der Waals surface area (Å²) in [5.74, 6) is 1.00. The van der Waals surface area contributed by atoms with Crippen molar-refractivity contribution in [3.05, 3.63) is 66.7 Å². The third-order valence-electron chi connectivity index (χ3n) is 4.88. The van der Waals surface area contributed by atoms with Gasteiger partial charge in [0.05, 0.1) is 16.5 Å². The summed E-state index contributed by atoms with van der Waals surface area (Å²) in [6, 6.07) is 20.5. The molecule has 2 heterocycles. The van der Waals surface area contributed by atoms with E-state index < -0.39 is 0 Å². The van der Waals surface area contributed by atoms with Crippen molar-refractivity contribution in [1.29, 1.82) is 0 Å². The van der Waals surface area contributed by atoms with Gasteiger partial charge >= 0.3 is 6.03 Å². The van der Waals surface area contributed by atoms with Gasteiger partial charge in [0.15, 0.2) is 0 Å². The average molecular weight is 416 g/mol. The Morgan fingerprint density at radius 1 is 0.967 bits per heavy atom. The highest BCUT2D eigenvalue weighted by Gasteiger charge is 2.14. The van der Waals surface area contributed by atoms with Gasteiger partial charge in [-0.05, 0) is 73.6 Å². The topological polar surface area (TPSA) is 69.6 Å². The number of rotatable bonds is 5. The molecule has 1 fully saturated rings. The van der Waals surface area contributed by atoms with Gasteiger partial charge in [0.1, 0.15) is 5.82 Å². The van der Waals surface area contributed by atoms with E-state index in [0.29, 0.717) is 17.1 Å². The lowest BCUT2D eigenvalue weighted by atomic mass is 10.1. The van der Waals surface area contributed by atoms with Gasteiger partial charge in [-0.25, -0.2) is 9.78 Å². The molecule has 0 saturated carbocycles. The lowest BCUT2D eigenvalue weighted by Crippen LogP contribution is -2.19. The molecule has 0 spiro atoms. The number of carbonyl (C=O) groups is 1. The molecular weight excluding hydrogens is 394 g/mol. The summed E-state index contributed by atoms with van der Waals surface area (Å²) in [7, 11) is 0. The minimum atomic E-state index is -0.322. The second-order valence-electron chi connectivity index (χ2n) is 6.99. The lowest BCUT2D eigenvalue weighted by Gasteiger charge is -2.17. The van der Waals surface area contributed by atoms with Crippen molar-refractivity contribution < 1.29 is 4.79 Å². The smallest absolute Gasteiger partial charge is 0.323 e. The molecule has 0 bridgehead atoms. The molecule has 0 radical (unpaired) electrons. The zero-order chi connectivity index (χ0) is 20.8. The molecular formula is C23H21N5OS. The van der Waals surface area contributed by atoms with E-state index in [-0.39, 0.29) is 6.03 Å². The number of benzene rings is 2. The number of pyridine rings is 1. The van der Waals surface area contributed by atoms with E-state index in [2.05, 4.69) is 37.9 Å². The van der Waals surface area contributed by atoms with Crippen molar-refractivity contribution >= 4 is 46.3 Å². The number of nitrogens with zero attached hydrogens (tertiary/aromatic N) is 3. The number of anilines is 3. The van der Waals surface area contributed by atoms with Crippen LogP contribution < -0.4 is 15.5 Å². The van der Waals surface area contributed by atoms with Crippen molar-refractivity contribution in [2.24, 2.45) is 4.99 Å². The van der Waals surface area contributed by atoms with Crippen molar-refractivity contribution in [3.8, 4) is 11.3 Å². The maximum absolute atomic E-state index is 12.4. The first-order valence-corrected chi connectivity index (χ1v) is 10.2. The molecule has 30 heavy (non-hydrogen) atoms. The van der Waals surface area contributed by atoms with Crippen LogP contribution in [0.2, 0.25) is 0 Å². The molecule has 1 saturated heterocycles. The number of hydrogen-bond acceptors (Lipinski definition) is 5. The summed E-state index contributed by atoms with van der Waals surface area (Å²) < 4.78 is 0. The third kappa shape index (κ3) is 4.89. The van der Waals surface area contributed by atoms with Gasteiger partial charge in [-0.1, -0.05) is 18.2 Å². The monoisotopic (exact) mass is 415 g/mol. The Kier molecular flexibility index (Phi) is 6.13. The number of nitrogens with one attached hydrogen (secondary N) is 2. The van der Waals surface area contributed by atoms with E-state index in [1.54, 1.807) is 24.3 Å². The van der Waals surface area contributed by atoms with Gasteiger partial charge in [0.25, 0.3) is 0 Å². The maximum Gasteiger partial charge on any atom is 0.323 e. The Hall–Kier alpha value is -3.54. The summed E-state index contributed by atoms with van der Waals surface area (Å²) in [4.78, 5) is 23.4. The van der Waals surface area contributed by atoms with Crippen molar-refractivity contribution in [3.63, 3.8) is 0 Å². The van der Waals surface area contributed by atoms with Gasteiger partial charge < -0.3 is 15.5 Å². The van der Waals surface area contributed by atoms with Gasteiger partial charge in [-0.3, -0.25) is 0 Å². The highest BCUT2D eigenvalue weighted by molar-refractivity contribution is 7.78. The first-order valence-electron chi connectivity index (χ1n) is 9.80. The van der Waals surface area contributed by atoms with Crippen molar-refractivity contribution in [1.82, 2.24) is 4.98 Å². The van der Waals surface area contributed by atoms with Crippen molar-refractivity contribution in [2.45, 2.75) is 12.8 Å². The van der Waals surface area contributed by atoms with Gasteiger partial charge in [-0.15, -0.1) is 0 Å². The zero-order valence-electron chi connectivity index (χ0n) is 16.3. The van der Waals surface area contributed by atoms with E-state index >= 15 is 0 Å². The molecule has 0 aliphatic carbocycles. The van der Waals surface area contributed by atoms with Crippen LogP contribution in [0.5, 0.6) is 0 Å². The van der Waals surface area contributed by atoms with Crippen LogP contribution >= 0.6 is 12.2 Å². The van der Waals surface area contributed by atoms with Crippen molar-refractivity contribution in [2.75, 3.05) is 28.6 Å². The fourth-order valence-electron chi connectivity index (χ4n) is 3.43. The second-order valence-corrected chi connectivity index (χ2v) is 7.17. The van der Waals surface area contributed by atoms with Crippen LogP contribution in [-0.2, 0) is 0 Å². The second kappa shape index (κ2) is 9.31. The van der Waals surface area contributed by atoms with E-state index in [0.717, 1.165) is 30.2 Å². The highest BCUT2D eigenvalue weighted by Crippen LogP contribution is 2.25. The third-order valence-corrected chi connectivity index (χ3v) is 4.97. The lowest BCUT2D eigenvalue weighted by molar-refractivity contribution is 0.262. The van der Waals surface area contributed by atoms with Gasteiger partial charge in [0, 0.05) is 30.0 Å². The molecule has 6 nitrogen and oxygen atoms in total. The molecule has 1 aromatic heterocycles. The maximum atomic E-state index is 12.4. The van der Waals surface area contributed by atoms with E-state index in [1.165, 1.54) is 12.8 Å². The summed E-state index contributed by atoms with van der Waals surface area (Å²) in [6.45, 7) is 2.11. The van der Waals surface area contributed by atoms with E-state index in [4.69, 9.17) is 4.98 Å². The number of hydrogen-bond donors (Lipinski definition) is 2. The van der Waals surface area contributed by atoms with Crippen LogP contribution in [-0.4, -0.2) is 29.3 Å². The molecule has 2 aromatic carbocycles. The molecule has 1 aliphatic heterocycles. The molecule has 7 heteroatoms. The van der Waals surface area contributed by atoms with Gasteiger partial charge in [0.2, 0.25) is 0 Å². The molecule has 2 N–H and O–H groups in total. The standard InChI is InChI=1S/C23H21N5OS/c29-23(25-19-11-9-18(10-12-19)24-16-30)26-20-6-3-5-17(15-20)21-7-4-8-22(27-21)28-13-1-2-14-28/h3-12,15H,1-2,13-14H2,(H2,25,26,29). The molecule has 0 atom stereocenters.